The lowest BCUT2D eigenvalue weighted by Gasteiger charge is -2.42. The molecule has 0 saturated carbocycles. The molecule has 5 rings (SSSR count). The number of benzene rings is 1. The van der Waals surface area contributed by atoms with Crippen LogP contribution in [0.2, 0.25) is 0 Å². The zero-order chi connectivity index (χ0) is 31.2. The van der Waals surface area contributed by atoms with Crippen molar-refractivity contribution in [2.75, 3.05) is 27.4 Å². The minimum Gasteiger partial charge on any atom is -0.459 e. The molecule has 0 bridgehead atoms. The van der Waals surface area contributed by atoms with Crippen molar-refractivity contribution >= 4 is 5.97 Å². The summed E-state index contributed by atoms with van der Waals surface area (Å²) in [7, 11) is 3.01. The van der Waals surface area contributed by atoms with E-state index < -0.39 is 84.7 Å². The van der Waals surface area contributed by atoms with E-state index in [-0.39, 0.29) is 13.2 Å². The van der Waals surface area contributed by atoms with Crippen molar-refractivity contribution in [2.45, 2.75) is 120 Å². The molecule has 4 heterocycles. The molecule has 43 heavy (non-hydrogen) atoms. The normalized spacial score (nSPS) is 36.9. The summed E-state index contributed by atoms with van der Waals surface area (Å²) < 4.78 is 66.3. The van der Waals surface area contributed by atoms with Gasteiger partial charge in [0, 0.05) is 14.2 Å². The number of esters is 1. The van der Waals surface area contributed by atoms with Gasteiger partial charge in [-0.2, -0.15) is 0 Å². The molecule has 4 aliphatic rings. The largest absolute Gasteiger partial charge is 0.459 e. The lowest BCUT2D eigenvalue weighted by atomic mass is 9.98. The fourth-order valence-electron chi connectivity index (χ4n) is 5.97. The maximum absolute atomic E-state index is 12.7. The molecule has 6 unspecified atom stereocenters. The van der Waals surface area contributed by atoms with E-state index in [0.717, 1.165) is 0 Å². The Hall–Kier alpha value is -1.75. The van der Waals surface area contributed by atoms with Crippen molar-refractivity contribution in [3.63, 3.8) is 0 Å². The summed E-state index contributed by atoms with van der Waals surface area (Å²) in [6.07, 6.45) is -8.79. The molecule has 9 atom stereocenters. The van der Waals surface area contributed by atoms with Crippen LogP contribution in [0.4, 0.5) is 0 Å². The minimum atomic E-state index is -1.28. The molecule has 242 valence electrons. The van der Waals surface area contributed by atoms with Crippen molar-refractivity contribution in [3.05, 3.63) is 35.9 Å². The predicted octanol–water partition coefficient (Wildman–Crippen LogP) is 2.13. The molecule has 0 aromatic heterocycles. The number of rotatable bonds is 10. The Balaban J connectivity index is 1.41. The standard InChI is InChI=1S/C30H44O13/c1-28(2)36-15-18(39-28)20(23-24(27(33-7)34-8)43-30(5,6)42-23)38-26-19(31)22-21(40-29(3,4)41-22)17(37-26)14-35-25(32)16-12-10-9-11-13-16/h9-13,17-24,26-27,31H,14-15H2,1-8H3/t17?,18?,19?,20-,21+,22?,23?,24?,26+/m1/s1. The first-order valence-electron chi connectivity index (χ1n) is 14.5. The number of fused-ring (bicyclic) bond motifs is 1. The van der Waals surface area contributed by atoms with Crippen molar-refractivity contribution in [1.82, 2.24) is 0 Å². The second-order valence-electron chi connectivity index (χ2n) is 12.4. The predicted molar refractivity (Wildman–Crippen MR) is 147 cm³/mol. The van der Waals surface area contributed by atoms with Crippen LogP contribution in [-0.2, 0) is 52.1 Å². The smallest absolute Gasteiger partial charge is 0.338 e. The average molecular weight is 613 g/mol. The average Bonchev–Trinajstić information content (AvgIpc) is 3.59. The van der Waals surface area contributed by atoms with E-state index in [1.165, 1.54) is 14.2 Å². The highest BCUT2D eigenvalue weighted by Gasteiger charge is 2.59. The molecule has 0 amide bonds. The van der Waals surface area contributed by atoms with E-state index in [1.54, 1.807) is 65.8 Å². The molecule has 13 heteroatoms. The second kappa shape index (κ2) is 12.6. The lowest BCUT2D eigenvalue weighted by molar-refractivity contribution is -0.315. The van der Waals surface area contributed by atoms with Gasteiger partial charge in [0.05, 0.1) is 12.2 Å². The molecule has 0 spiro atoms. The molecule has 4 fully saturated rings. The van der Waals surface area contributed by atoms with Gasteiger partial charge in [0.2, 0.25) is 0 Å². The Morgan fingerprint density at radius 3 is 2.14 bits per heavy atom. The van der Waals surface area contributed by atoms with E-state index in [9.17, 15) is 9.90 Å². The summed E-state index contributed by atoms with van der Waals surface area (Å²) in [5.41, 5.74) is 0.394. The summed E-state index contributed by atoms with van der Waals surface area (Å²) in [5, 5.41) is 11.5. The van der Waals surface area contributed by atoms with E-state index in [4.69, 9.17) is 52.1 Å². The third kappa shape index (κ3) is 7.23. The maximum Gasteiger partial charge on any atom is 0.338 e. The molecule has 4 aliphatic heterocycles. The van der Waals surface area contributed by atoms with Crippen LogP contribution in [0.5, 0.6) is 0 Å². The molecule has 1 aromatic rings. The maximum atomic E-state index is 12.7. The second-order valence-corrected chi connectivity index (χ2v) is 12.4. The zero-order valence-corrected chi connectivity index (χ0v) is 25.9. The van der Waals surface area contributed by atoms with Crippen LogP contribution in [0.15, 0.2) is 30.3 Å². The van der Waals surface area contributed by atoms with Crippen LogP contribution in [0.3, 0.4) is 0 Å². The van der Waals surface area contributed by atoms with Gasteiger partial charge in [-0.1, -0.05) is 18.2 Å². The molecule has 0 aliphatic carbocycles. The summed E-state index contributed by atoms with van der Waals surface area (Å²) >= 11 is 0. The summed E-state index contributed by atoms with van der Waals surface area (Å²) in [6, 6.07) is 8.62. The Morgan fingerprint density at radius 2 is 1.51 bits per heavy atom. The van der Waals surface area contributed by atoms with Gasteiger partial charge in [0.15, 0.2) is 29.9 Å². The topological polar surface area (TPSA) is 139 Å². The highest BCUT2D eigenvalue weighted by atomic mass is 16.8. The SMILES string of the molecule is COC(OC)C1OC(C)(C)OC1[C@H](O[C@@H]1OC(COC(=O)c2ccccc2)[C@@H]2OC(C)(C)OC2C1O)C1COC(C)(C)O1. The first-order valence-corrected chi connectivity index (χ1v) is 14.5. The molecule has 0 radical (unpaired) electrons. The lowest BCUT2D eigenvalue weighted by Crippen LogP contribution is -2.61. The van der Waals surface area contributed by atoms with Gasteiger partial charge < -0.3 is 57.2 Å². The summed E-state index contributed by atoms with van der Waals surface area (Å²) in [6.45, 7) is 10.6. The number of hydrogen-bond acceptors (Lipinski definition) is 13. The monoisotopic (exact) mass is 612 g/mol. The number of carbonyl (C=O) groups excluding carboxylic acids is 1. The highest BCUT2D eigenvalue weighted by molar-refractivity contribution is 5.89. The van der Waals surface area contributed by atoms with E-state index in [1.807, 2.05) is 6.07 Å². The van der Waals surface area contributed by atoms with Crippen molar-refractivity contribution < 1.29 is 62.0 Å². The van der Waals surface area contributed by atoms with Gasteiger partial charge in [-0.25, -0.2) is 4.79 Å². The number of aliphatic hydroxyl groups excluding tert-OH is 1. The molecular weight excluding hydrogens is 568 g/mol. The van der Waals surface area contributed by atoms with Gasteiger partial charge in [-0.05, 0) is 53.7 Å². The number of aliphatic hydroxyl groups is 1. The fraction of sp³-hybridized carbons (Fsp3) is 0.767. The van der Waals surface area contributed by atoms with Gasteiger partial charge in [0.1, 0.15) is 55.4 Å². The molecule has 1 aromatic carbocycles. The van der Waals surface area contributed by atoms with Crippen LogP contribution < -0.4 is 0 Å². The minimum absolute atomic E-state index is 0.171. The van der Waals surface area contributed by atoms with Crippen molar-refractivity contribution in [3.8, 4) is 0 Å². The third-order valence-corrected chi connectivity index (χ3v) is 7.75. The van der Waals surface area contributed by atoms with Crippen LogP contribution in [0.1, 0.15) is 51.9 Å². The first-order chi connectivity index (χ1) is 20.2. The van der Waals surface area contributed by atoms with Crippen molar-refractivity contribution in [1.29, 1.82) is 0 Å². The highest BCUT2D eigenvalue weighted by Crippen LogP contribution is 2.41. The Labute approximate surface area is 251 Å². The van der Waals surface area contributed by atoms with Crippen LogP contribution >= 0.6 is 0 Å². The zero-order valence-electron chi connectivity index (χ0n) is 25.9. The van der Waals surface area contributed by atoms with Crippen molar-refractivity contribution in [2.24, 2.45) is 0 Å². The molecule has 13 nitrogen and oxygen atoms in total. The molecule has 4 saturated heterocycles. The van der Waals surface area contributed by atoms with Crippen LogP contribution in [0.25, 0.3) is 0 Å². The number of carbonyl (C=O) groups is 1. The third-order valence-electron chi connectivity index (χ3n) is 7.75. The Morgan fingerprint density at radius 1 is 0.884 bits per heavy atom. The Kier molecular flexibility index (Phi) is 9.54. The van der Waals surface area contributed by atoms with Gasteiger partial charge in [0.25, 0.3) is 0 Å². The number of methoxy groups -OCH3 is 2. The first kappa shape index (κ1) is 32.6. The van der Waals surface area contributed by atoms with Crippen LogP contribution in [-0.4, -0.2) is 117 Å². The molecular formula is C30H44O13. The van der Waals surface area contributed by atoms with Gasteiger partial charge in [-0.3, -0.25) is 0 Å². The molecule has 1 N–H and O–H groups in total. The number of ether oxygens (including phenoxy) is 11. The van der Waals surface area contributed by atoms with Crippen LogP contribution in [0, 0.1) is 0 Å². The van der Waals surface area contributed by atoms with Gasteiger partial charge in [-0.15, -0.1) is 0 Å². The number of hydrogen-bond donors (Lipinski definition) is 1. The van der Waals surface area contributed by atoms with E-state index >= 15 is 0 Å². The quantitative estimate of drug-likeness (QED) is 0.305. The Bertz CT molecular complexity index is 1090. The van der Waals surface area contributed by atoms with E-state index in [2.05, 4.69) is 0 Å². The summed E-state index contributed by atoms with van der Waals surface area (Å²) in [5.74, 6) is -3.45. The van der Waals surface area contributed by atoms with E-state index in [0.29, 0.717) is 5.56 Å². The van der Waals surface area contributed by atoms with Gasteiger partial charge >= 0.3 is 5.97 Å². The fourth-order valence-corrected chi connectivity index (χ4v) is 5.97. The summed E-state index contributed by atoms with van der Waals surface area (Å²) in [4.78, 5) is 12.7.